The average molecular weight is 714 g/mol. The first kappa shape index (κ1) is 46.4. The van der Waals surface area contributed by atoms with Crippen LogP contribution in [0.2, 0.25) is 0 Å². The molecule has 0 rings (SSSR count). The van der Waals surface area contributed by atoms with E-state index in [2.05, 4.69) is 67.0 Å². The SMILES string of the molecule is CC/C=C\C/C=C\C/C=C\CCCCCCCC(=O)OC(COC(=O)CCCCCCC/C=C\CCC)COP(=O)(O)OCC(N)C(=O)O. The van der Waals surface area contributed by atoms with E-state index in [-0.39, 0.29) is 19.4 Å². The number of phosphoric ester groups is 1. The number of carbonyl (C=O) groups excluding carboxylic acids is 2. The van der Waals surface area contributed by atoms with Crippen molar-refractivity contribution in [2.45, 2.75) is 148 Å². The number of nitrogens with two attached hydrogens (primary N) is 1. The Hall–Kier alpha value is -2.56. The van der Waals surface area contributed by atoms with Crippen LogP contribution in [0, 0.1) is 0 Å². The molecule has 0 radical (unpaired) electrons. The highest BCUT2D eigenvalue weighted by Gasteiger charge is 2.28. The predicted molar refractivity (Wildman–Crippen MR) is 194 cm³/mol. The fourth-order valence-electron chi connectivity index (χ4n) is 4.43. The maximum absolute atomic E-state index is 12.5. The molecule has 0 fully saturated rings. The Kier molecular flexibility index (Phi) is 30.9. The van der Waals surface area contributed by atoms with Gasteiger partial charge in [0.2, 0.25) is 0 Å². The van der Waals surface area contributed by atoms with Crippen molar-refractivity contribution in [2.24, 2.45) is 5.73 Å². The van der Waals surface area contributed by atoms with Crippen LogP contribution in [0.25, 0.3) is 0 Å². The van der Waals surface area contributed by atoms with Gasteiger partial charge >= 0.3 is 25.7 Å². The minimum atomic E-state index is -4.71. The highest BCUT2D eigenvalue weighted by Crippen LogP contribution is 2.43. The van der Waals surface area contributed by atoms with Gasteiger partial charge in [0, 0.05) is 12.8 Å². The van der Waals surface area contributed by atoms with Crippen LogP contribution in [-0.4, -0.2) is 59.9 Å². The molecule has 0 aromatic heterocycles. The summed E-state index contributed by atoms with van der Waals surface area (Å²) in [7, 11) is -4.71. The smallest absolute Gasteiger partial charge is 0.472 e. The van der Waals surface area contributed by atoms with Gasteiger partial charge in [0.05, 0.1) is 13.2 Å². The molecule has 282 valence electrons. The van der Waals surface area contributed by atoms with E-state index in [1.165, 1.54) is 0 Å². The quantitative estimate of drug-likeness (QED) is 0.0257. The van der Waals surface area contributed by atoms with Gasteiger partial charge in [0.25, 0.3) is 0 Å². The molecule has 0 heterocycles. The number of allylic oxidation sites excluding steroid dienone is 8. The molecular weight excluding hydrogens is 649 g/mol. The van der Waals surface area contributed by atoms with Crippen LogP contribution < -0.4 is 5.73 Å². The molecule has 0 spiro atoms. The van der Waals surface area contributed by atoms with Gasteiger partial charge in [-0.3, -0.25) is 23.4 Å². The zero-order chi connectivity index (χ0) is 36.4. The van der Waals surface area contributed by atoms with Crippen molar-refractivity contribution < 1.29 is 47.5 Å². The Morgan fingerprint density at radius 1 is 0.653 bits per heavy atom. The number of ether oxygens (including phenoxy) is 2. The zero-order valence-electron chi connectivity index (χ0n) is 30.0. The Balaban J connectivity index is 4.51. The van der Waals surface area contributed by atoms with Gasteiger partial charge in [-0.15, -0.1) is 0 Å². The minimum absolute atomic E-state index is 0.138. The van der Waals surface area contributed by atoms with E-state index in [1.54, 1.807) is 0 Å². The van der Waals surface area contributed by atoms with Crippen LogP contribution in [0.15, 0.2) is 48.6 Å². The number of unbranched alkanes of at least 4 members (excludes halogenated alkanes) is 11. The number of hydrogen-bond donors (Lipinski definition) is 3. The summed E-state index contributed by atoms with van der Waals surface area (Å²) in [6.07, 6.45) is 33.3. The summed E-state index contributed by atoms with van der Waals surface area (Å²) in [4.78, 5) is 45.6. The molecule has 0 amide bonds. The third kappa shape index (κ3) is 32.4. The largest absolute Gasteiger partial charge is 0.480 e. The third-order valence-electron chi connectivity index (χ3n) is 7.29. The monoisotopic (exact) mass is 713 g/mol. The molecule has 0 aliphatic carbocycles. The summed E-state index contributed by atoms with van der Waals surface area (Å²) in [5.74, 6) is -2.42. The standard InChI is InChI=1S/C37H64NO10P/c1-3-5-7-9-11-13-15-16-17-18-19-21-23-25-27-29-36(40)48-33(31-46-49(43,44)47-32-34(38)37(41)42)30-45-35(39)28-26-24-22-20-14-12-10-8-6-4-2/h5,7-8,10-11,13,16-17,33-34H,3-4,6,9,12,14-15,18-32,38H2,1-2H3,(H,41,42)(H,43,44)/b7-5-,10-8-,13-11-,17-16-. The first-order valence-electron chi connectivity index (χ1n) is 18.2. The van der Waals surface area contributed by atoms with Crippen molar-refractivity contribution in [3.8, 4) is 0 Å². The Labute approximate surface area is 295 Å². The van der Waals surface area contributed by atoms with Crippen molar-refractivity contribution >= 4 is 25.7 Å². The van der Waals surface area contributed by atoms with Crippen molar-refractivity contribution in [1.82, 2.24) is 0 Å². The molecule has 12 heteroatoms. The lowest BCUT2D eigenvalue weighted by Crippen LogP contribution is -2.34. The number of rotatable bonds is 33. The van der Waals surface area contributed by atoms with E-state index in [4.69, 9.17) is 24.8 Å². The molecule has 0 saturated heterocycles. The van der Waals surface area contributed by atoms with Crippen LogP contribution in [0.1, 0.15) is 136 Å². The molecule has 4 N–H and O–H groups in total. The summed E-state index contributed by atoms with van der Waals surface area (Å²) >= 11 is 0. The topological polar surface area (TPSA) is 172 Å². The van der Waals surface area contributed by atoms with E-state index in [1.807, 2.05) is 0 Å². The molecule has 0 aromatic rings. The summed E-state index contributed by atoms with van der Waals surface area (Å²) in [5.41, 5.74) is 5.30. The predicted octanol–water partition coefficient (Wildman–Crippen LogP) is 8.66. The van der Waals surface area contributed by atoms with E-state index >= 15 is 0 Å². The van der Waals surface area contributed by atoms with E-state index in [0.29, 0.717) is 12.8 Å². The van der Waals surface area contributed by atoms with Crippen LogP contribution in [0.5, 0.6) is 0 Å². The Morgan fingerprint density at radius 2 is 1.14 bits per heavy atom. The van der Waals surface area contributed by atoms with Crippen LogP contribution in [-0.2, 0) is 37.5 Å². The highest BCUT2D eigenvalue weighted by atomic mass is 31.2. The Bertz CT molecular complexity index is 1030. The molecule has 0 bridgehead atoms. The molecule has 0 aliphatic rings. The van der Waals surface area contributed by atoms with Crippen molar-refractivity contribution in [3.63, 3.8) is 0 Å². The number of carboxylic acids is 1. The van der Waals surface area contributed by atoms with E-state index in [0.717, 1.165) is 96.3 Å². The molecular formula is C37H64NO10P. The van der Waals surface area contributed by atoms with Crippen LogP contribution in [0.3, 0.4) is 0 Å². The number of carbonyl (C=O) groups is 3. The van der Waals surface area contributed by atoms with Crippen molar-refractivity contribution in [3.05, 3.63) is 48.6 Å². The summed E-state index contributed by atoms with van der Waals surface area (Å²) < 4.78 is 32.5. The van der Waals surface area contributed by atoms with Gasteiger partial charge < -0.3 is 25.2 Å². The number of aliphatic carboxylic acids is 1. The number of esters is 2. The van der Waals surface area contributed by atoms with Gasteiger partial charge in [0.15, 0.2) is 6.10 Å². The second-order valence-electron chi connectivity index (χ2n) is 12.0. The number of hydrogen-bond acceptors (Lipinski definition) is 9. The fraction of sp³-hybridized carbons (Fsp3) is 0.703. The number of phosphoric acid groups is 1. The van der Waals surface area contributed by atoms with E-state index < -0.39 is 51.1 Å². The zero-order valence-corrected chi connectivity index (χ0v) is 30.9. The minimum Gasteiger partial charge on any atom is -0.480 e. The number of carboxylic acid groups (broad SMARTS) is 1. The van der Waals surface area contributed by atoms with Crippen LogP contribution >= 0.6 is 7.82 Å². The highest BCUT2D eigenvalue weighted by molar-refractivity contribution is 7.47. The fourth-order valence-corrected chi connectivity index (χ4v) is 5.21. The first-order chi connectivity index (χ1) is 23.6. The average Bonchev–Trinajstić information content (AvgIpc) is 3.07. The lowest BCUT2D eigenvalue weighted by atomic mass is 10.1. The maximum Gasteiger partial charge on any atom is 0.472 e. The molecule has 11 nitrogen and oxygen atoms in total. The molecule has 3 unspecified atom stereocenters. The first-order valence-corrected chi connectivity index (χ1v) is 19.7. The maximum atomic E-state index is 12.5. The lowest BCUT2D eigenvalue weighted by Gasteiger charge is -2.20. The van der Waals surface area contributed by atoms with Crippen molar-refractivity contribution in [2.75, 3.05) is 19.8 Å². The molecule has 0 aliphatic heterocycles. The molecule has 0 aromatic carbocycles. The van der Waals surface area contributed by atoms with Gasteiger partial charge in [-0.25, -0.2) is 4.57 Å². The van der Waals surface area contributed by atoms with E-state index in [9.17, 15) is 23.8 Å². The Morgan fingerprint density at radius 3 is 1.73 bits per heavy atom. The summed E-state index contributed by atoms with van der Waals surface area (Å²) in [6.45, 7) is 2.56. The lowest BCUT2D eigenvalue weighted by molar-refractivity contribution is -0.161. The van der Waals surface area contributed by atoms with Crippen LogP contribution in [0.4, 0.5) is 0 Å². The van der Waals surface area contributed by atoms with Gasteiger partial charge in [-0.05, 0) is 64.2 Å². The third-order valence-corrected chi connectivity index (χ3v) is 8.24. The summed E-state index contributed by atoms with van der Waals surface area (Å²) in [5, 5.41) is 8.84. The van der Waals surface area contributed by atoms with Gasteiger partial charge in [-0.2, -0.15) is 0 Å². The van der Waals surface area contributed by atoms with Gasteiger partial charge in [-0.1, -0.05) is 107 Å². The second-order valence-corrected chi connectivity index (χ2v) is 13.4. The molecule has 49 heavy (non-hydrogen) atoms. The molecule has 0 saturated carbocycles. The summed E-state index contributed by atoms with van der Waals surface area (Å²) in [6, 6.07) is -1.52. The normalized spacial score (nSPS) is 14.5. The van der Waals surface area contributed by atoms with Crippen molar-refractivity contribution in [1.29, 1.82) is 0 Å². The van der Waals surface area contributed by atoms with Gasteiger partial charge in [0.1, 0.15) is 12.6 Å². The second kappa shape index (κ2) is 32.6. The molecule has 3 atom stereocenters.